The Kier molecular flexibility index (Phi) is 6.18. The van der Waals surface area contributed by atoms with Crippen molar-refractivity contribution in [2.24, 2.45) is 11.8 Å². The van der Waals surface area contributed by atoms with E-state index >= 15 is 4.39 Å². The third-order valence-corrected chi connectivity index (χ3v) is 10.1. The van der Waals surface area contributed by atoms with E-state index in [4.69, 9.17) is 16.3 Å². The predicted octanol–water partition coefficient (Wildman–Crippen LogP) is 4.20. The van der Waals surface area contributed by atoms with Gasteiger partial charge in [-0.25, -0.2) is 8.78 Å². The summed E-state index contributed by atoms with van der Waals surface area (Å²) in [4.78, 5) is 42.6. The van der Waals surface area contributed by atoms with Crippen LogP contribution in [0.4, 0.5) is 14.6 Å². The van der Waals surface area contributed by atoms with E-state index in [1.54, 1.807) is 4.90 Å². The van der Waals surface area contributed by atoms with Crippen molar-refractivity contribution in [2.45, 2.75) is 31.2 Å². The number of nitrogens with one attached hydrogen (secondary N) is 1. The number of aromatic nitrogens is 3. The molecule has 4 aromatic rings. The number of carbonyl (C=O) groups excluding carboxylic acids is 2. The average molecular weight is 621 g/mol. The maximum atomic E-state index is 16.6. The van der Waals surface area contributed by atoms with E-state index in [0.717, 1.165) is 38.8 Å². The molecule has 0 spiro atoms. The summed E-state index contributed by atoms with van der Waals surface area (Å²) in [7, 11) is 0. The third-order valence-electron chi connectivity index (χ3n) is 9.71. The minimum absolute atomic E-state index is 0.0330. The summed E-state index contributed by atoms with van der Waals surface area (Å²) in [6.07, 6.45) is 5.53. The molecule has 44 heavy (non-hydrogen) atoms. The highest BCUT2D eigenvalue weighted by molar-refractivity contribution is 6.37. The minimum Gasteiger partial charge on any atom is -0.508 e. The molecule has 0 bridgehead atoms. The number of carbonyl (C=O) groups is 2. The number of imide groups is 1. The van der Waals surface area contributed by atoms with E-state index in [2.05, 4.69) is 25.2 Å². The van der Waals surface area contributed by atoms with Gasteiger partial charge in [-0.3, -0.25) is 24.8 Å². The standard InChI is InChI=1S/C31H27ClF2N6O4/c32-23-21(33)4-3-15-9-16(41)10-17(22(15)23)25-24(34)26-18(11-35-25)27(39-12-19-20(13-39)29(43)38-28(19)42)37-30(36-26)44-14-31-5-1-7-40(31)8-2-6-31/h3-4,9-11,19-20,41H,1-2,5-8,12-14H2,(H,38,42,43). The molecule has 6 heterocycles. The SMILES string of the molecule is O=C1NC(=O)C2CN(c3nc(OCC45CCCN4CCC5)nc4c(F)c(-c5cc(O)cc6ccc(F)c(Cl)c56)ncc34)CC12. The predicted molar refractivity (Wildman–Crippen MR) is 157 cm³/mol. The number of phenolic OH excluding ortho intramolecular Hbond substituents is 1. The zero-order chi connectivity index (χ0) is 30.3. The fourth-order valence-corrected chi connectivity index (χ4v) is 7.83. The monoisotopic (exact) mass is 620 g/mol. The average Bonchev–Trinajstić information content (AvgIpc) is 3.76. The number of aromatic hydroxyl groups is 1. The number of fused-ring (bicyclic) bond motifs is 4. The fourth-order valence-electron chi connectivity index (χ4n) is 7.56. The highest BCUT2D eigenvalue weighted by atomic mass is 35.5. The van der Waals surface area contributed by atoms with Crippen LogP contribution in [0, 0.1) is 23.5 Å². The van der Waals surface area contributed by atoms with Crippen LogP contribution in [0.2, 0.25) is 5.02 Å². The first-order valence-corrected chi connectivity index (χ1v) is 15.0. The Labute approximate surface area is 255 Å². The zero-order valence-corrected chi connectivity index (χ0v) is 24.2. The normalized spacial score (nSPS) is 22.7. The van der Waals surface area contributed by atoms with E-state index < -0.39 is 23.5 Å². The van der Waals surface area contributed by atoms with Crippen LogP contribution in [0.3, 0.4) is 0 Å². The molecule has 2 aromatic carbocycles. The zero-order valence-electron chi connectivity index (χ0n) is 23.4. The summed E-state index contributed by atoms with van der Waals surface area (Å²) in [5, 5.41) is 13.4. The molecular formula is C31H27ClF2N6O4. The summed E-state index contributed by atoms with van der Waals surface area (Å²) < 4.78 is 37.4. The molecule has 8 rings (SSSR count). The Morgan fingerprint density at radius 3 is 2.52 bits per heavy atom. The van der Waals surface area contributed by atoms with Crippen LogP contribution in [0.15, 0.2) is 30.5 Å². The van der Waals surface area contributed by atoms with Crippen LogP contribution >= 0.6 is 11.6 Å². The van der Waals surface area contributed by atoms with Crippen molar-refractivity contribution < 1.29 is 28.2 Å². The van der Waals surface area contributed by atoms with Crippen molar-refractivity contribution in [3.05, 3.63) is 47.1 Å². The molecule has 226 valence electrons. The molecule has 4 saturated heterocycles. The molecule has 2 amide bonds. The van der Waals surface area contributed by atoms with Gasteiger partial charge in [-0.15, -0.1) is 0 Å². The molecule has 0 saturated carbocycles. The third kappa shape index (κ3) is 4.11. The van der Waals surface area contributed by atoms with E-state index in [1.165, 1.54) is 30.5 Å². The number of halogens is 3. The van der Waals surface area contributed by atoms with Gasteiger partial charge in [0, 0.05) is 30.2 Å². The number of rotatable bonds is 5. The van der Waals surface area contributed by atoms with Gasteiger partial charge in [0.2, 0.25) is 11.8 Å². The lowest BCUT2D eigenvalue weighted by Gasteiger charge is -2.31. The topological polar surface area (TPSA) is 121 Å². The summed E-state index contributed by atoms with van der Waals surface area (Å²) in [5.41, 5.74) is -0.308. The number of hydrogen-bond donors (Lipinski definition) is 2. The number of ether oxygens (including phenoxy) is 1. The maximum Gasteiger partial charge on any atom is 0.319 e. The van der Waals surface area contributed by atoms with Crippen LogP contribution in [0.5, 0.6) is 11.8 Å². The smallest absolute Gasteiger partial charge is 0.319 e. The molecule has 0 aliphatic carbocycles. The number of nitrogens with zero attached hydrogens (tertiary/aromatic N) is 5. The number of amides is 2. The Morgan fingerprint density at radius 2 is 1.80 bits per heavy atom. The number of pyridine rings is 1. The first-order valence-electron chi connectivity index (χ1n) is 14.7. The summed E-state index contributed by atoms with van der Waals surface area (Å²) in [6, 6.07) is 5.28. The summed E-state index contributed by atoms with van der Waals surface area (Å²) >= 11 is 6.33. The lowest BCUT2D eigenvalue weighted by Crippen LogP contribution is -2.43. The van der Waals surface area contributed by atoms with Crippen molar-refractivity contribution in [1.29, 1.82) is 0 Å². The van der Waals surface area contributed by atoms with E-state index in [1.807, 2.05) is 0 Å². The van der Waals surface area contributed by atoms with Crippen LogP contribution in [-0.4, -0.2) is 75.1 Å². The number of phenols is 1. The molecule has 10 nitrogen and oxygen atoms in total. The Bertz CT molecular complexity index is 1880. The highest BCUT2D eigenvalue weighted by Gasteiger charge is 2.49. The van der Waals surface area contributed by atoms with Crippen molar-refractivity contribution in [3.8, 4) is 23.0 Å². The molecule has 4 aliphatic rings. The van der Waals surface area contributed by atoms with Gasteiger partial charge in [0.15, 0.2) is 5.82 Å². The lowest BCUT2D eigenvalue weighted by atomic mass is 9.95. The largest absolute Gasteiger partial charge is 0.508 e. The minimum atomic E-state index is -0.835. The van der Waals surface area contributed by atoms with Crippen LogP contribution in [0.1, 0.15) is 25.7 Å². The van der Waals surface area contributed by atoms with Gasteiger partial charge >= 0.3 is 6.01 Å². The van der Waals surface area contributed by atoms with E-state index in [-0.39, 0.29) is 74.8 Å². The molecule has 0 radical (unpaired) electrons. The second kappa shape index (κ2) is 9.93. The highest BCUT2D eigenvalue weighted by Crippen LogP contribution is 2.42. The molecule has 2 aromatic heterocycles. The number of benzene rings is 2. The fraction of sp³-hybridized carbons (Fsp3) is 0.387. The van der Waals surface area contributed by atoms with Gasteiger partial charge in [0.05, 0.1) is 27.8 Å². The first-order chi connectivity index (χ1) is 21.2. The van der Waals surface area contributed by atoms with Gasteiger partial charge < -0.3 is 14.7 Å². The second-order valence-electron chi connectivity index (χ2n) is 12.1. The molecule has 2 N–H and O–H groups in total. The summed E-state index contributed by atoms with van der Waals surface area (Å²) in [5.74, 6) is -3.18. The Hall–Kier alpha value is -4.16. The number of hydrogen-bond acceptors (Lipinski definition) is 9. The van der Waals surface area contributed by atoms with Gasteiger partial charge in [-0.1, -0.05) is 17.7 Å². The molecule has 4 aliphatic heterocycles. The van der Waals surface area contributed by atoms with Gasteiger partial charge in [0.25, 0.3) is 0 Å². The molecule has 2 unspecified atom stereocenters. The Morgan fingerprint density at radius 1 is 1.07 bits per heavy atom. The van der Waals surface area contributed by atoms with Crippen LogP contribution in [-0.2, 0) is 9.59 Å². The molecular weight excluding hydrogens is 594 g/mol. The lowest BCUT2D eigenvalue weighted by molar-refractivity contribution is -0.126. The first kappa shape index (κ1) is 27.4. The number of anilines is 1. The van der Waals surface area contributed by atoms with E-state index in [0.29, 0.717) is 17.8 Å². The van der Waals surface area contributed by atoms with Crippen molar-refractivity contribution >= 4 is 50.9 Å². The molecule has 2 atom stereocenters. The molecule has 13 heteroatoms. The van der Waals surface area contributed by atoms with Crippen molar-refractivity contribution in [2.75, 3.05) is 37.7 Å². The van der Waals surface area contributed by atoms with Gasteiger partial charge in [0.1, 0.15) is 35.2 Å². The van der Waals surface area contributed by atoms with Crippen LogP contribution in [0.25, 0.3) is 32.9 Å². The van der Waals surface area contributed by atoms with Crippen molar-refractivity contribution in [3.63, 3.8) is 0 Å². The second-order valence-corrected chi connectivity index (χ2v) is 12.5. The van der Waals surface area contributed by atoms with E-state index in [9.17, 15) is 19.1 Å². The quantitative estimate of drug-likeness (QED) is 0.316. The van der Waals surface area contributed by atoms with Gasteiger partial charge in [-0.2, -0.15) is 9.97 Å². The maximum absolute atomic E-state index is 16.6. The van der Waals surface area contributed by atoms with Crippen LogP contribution < -0.4 is 15.0 Å². The van der Waals surface area contributed by atoms with Crippen molar-refractivity contribution in [1.82, 2.24) is 25.2 Å². The summed E-state index contributed by atoms with van der Waals surface area (Å²) in [6.45, 7) is 2.77. The molecule has 4 fully saturated rings. The van der Waals surface area contributed by atoms with Gasteiger partial charge in [-0.05, 0) is 62.4 Å². The Balaban J connectivity index is 1.27.